The number of methoxy groups -OCH3 is 1. The first kappa shape index (κ1) is 11.3. The number of rotatable bonds is 5. The van der Waals surface area contributed by atoms with E-state index in [1.165, 1.54) is 18.9 Å². The fourth-order valence-electron chi connectivity index (χ4n) is 0.601. The SMILES string of the molecule is COC(=O)CC(C)SCC(N)=O. The molecule has 5 heteroatoms. The Hall–Kier alpha value is -0.710. The third-order valence-corrected chi connectivity index (χ3v) is 2.38. The van der Waals surface area contributed by atoms with Crippen LogP contribution in [0.15, 0.2) is 0 Å². The normalized spacial score (nSPS) is 12.2. The van der Waals surface area contributed by atoms with Crippen molar-refractivity contribution in [3.63, 3.8) is 0 Å². The van der Waals surface area contributed by atoms with Crippen molar-refractivity contribution in [1.29, 1.82) is 0 Å². The number of ether oxygens (including phenoxy) is 1. The Morgan fingerprint density at radius 3 is 2.58 bits per heavy atom. The molecule has 2 N–H and O–H groups in total. The van der Waals surface area contributed by atoms with Gasteiger partial charge in [0.25, 0.3) is 0 Å². The summed E-state index contributed by atoms with van der Waals surface area (Å²) in [6.45, 7) is 1.85. The number of hydrogen-bond acceptors (Lipinski definition) is 4. The number of hydrogen-bond donors (Lipinski definition) is 1. The minimum Gasteiger partial charge on any atom is -0.469 e. The topological polar surface area (TPSA) is 69.4 Å². The van der Waals surface area contributed by atoms with Crippen LogP contribution in [-0.4, -0.2) is 30.0 Å². The molecule has 0 aliphatic carbocycles. The van der Waals surface area contributed by atoms with E-state index in [4.69, 9.17) is 5.73 Å². The van der Waals surface area contributed by atoms with E-state index in [-0.39, 0.29) is 22.9 Å². The van der Waals surface area contributed by atoms with Crippen LogP contribution in [0.3, 0.4) is 0 Å². The van der Waals surface area contributed by atoms with Crippen LogP contribution in [0.25, 0.3) is 0 Å². The smallest absolute Gasteiger partial charge is 0.306 e. The van der Waals surface area contributed by atoms with Crippen LogP contribution >= 0.6 is 11.8 Å². The van der Waals surface area contributed by atoms with Crippen molar-refractivity contribution in [1.82, 2.24) is 0 Å². The molecule has 1 unspecified atom stereocenters. The van der Waals surface area contributed by atoms with Gasteiger partial charge in [0.15, 0.2) is 0 Å². The highest BCUT2D eigenvalue weighted by molar-refractivity contribution is 8.00. The number of nitrogens with two attached hydrogens (primary N) is 1. The minimum absolute atomic E-state index is 0.0740. The summed E-state index contributed by atoms with van der Waals surface area (Å²) >= 11 is 1.35. The number of esters is 1. The van der Waals surface area contributed by atoms with Crippen molar-refractivity contribution in [2.75, 3.05) is 12.9 Å². The Labute approximate surface area is 75.8 Å². The molecule has 0 aromatic rings. The third kappa shape index (κ3) is 6.03. The van der Waals surface area contributed by atoms with Crippen LogP contribution in [0.4, 0.5) is 0 Å². The first-order valence-electron chi connectivity index (χ1n) is 3.53. The van der Waals surface area contributed by atoms with Gasteiger partial charge in [0.1, 0.15) is 0 Å². The van der Waals surface area contributed by atoms with E-state index < -0.39 is 0 Å². The number of primary amides is 1. The maximum absolute atomic E-state index is 10.7. The largest absolute Gasteiger partial charge is 0.469 e. The average molecular weight is 191 g/mol. The summed E-state index contributed by atoms with van der Waals surface area (Å²) in [4.78, 5) is 21.1. The molecule has 0 spiro atoms. The third-order valence-electron chi connectivity index (χ3n) is 1.19. The molecule has 0 heterocycles. The Morgan fingerprint density at radius 1 is 1.58 bits per heavy atom. The highest BCUT2D eigenvalue weighted by atomic mass is 32.2. The predicted molar refractivity (Wildman–Crippen MR) is 47.7 cm³/mol. The fourth-order valence-corrected chi connectivity index (χ4v) is 1.30. The molecule has 12 heavy (non-hydrogen) atoms. The van der Waals surface area contributed by atoms with Crippen LogP contribution < -0.4 is 5.73 Å². The number of carbonyl (C=O) groups is 2. The second-order valence-electron chi connectivity index (χ2n) is 2.37. The van der Waals surface area contributed by atoms with E-state index in [9.17, 15) is 9.59 Å². The second-order valence-corrected chi connectivity index (χ2v) is 3.79. The molecule has 70 valence electrons. The van der Waals surface area contributed by atoms with Gasteiger partial charge in [-0.2, -0.15) is 0 Å². The van der Waals surface area contributed by atoms with Crippen molar-refractivity contribution >= 4 is 23.6 Å². The number of carbonyl (C=O) groups excluding carboxylic acids is 2. The number of thioether (sulfide) groups is 1. The minimum atomic E-state index is -0.364. The lowest BCUT2D eigenvalue weighted by Gasteiger charge is -2.07. The van der Waals surface area contributed by atoms with Crippen LogP contribution in [0.1, 0.15) is 13.3 Å². The highest BCUT2D eigenvalue weighted by Crippen LogP contribution is 2.13. The summed E-state index contributed by atoms with van der Waals surface area (Å²) in [5, 5.41) is 0.0740. The van der Waals surface area contributed by atoms with Crippen LogP contribution in [0.5, 0.6) is 0 Å². The van der Waals surface area contributed by atoms with Crippen LogP contribution in [0, 0.1) is 0 Å². The molecule has 0 radical (unpaired) electrons. The molecule has 0 bridgehead atoms. The maximum atomic E-state index is 10.7. The molecule has 0 fully saturated rings. The summed E-state index contributed by atoms with van der Waals surface area (Å²) in [6.07, 6.45) is 0.314. The fraction of sp³-hybridized carbons (Fsp3) is 0.714. The molecule has 1 amide bonds. The summed E-state index contributed by atoms with van der Waals surface area (Å²) in [6, 6.07) is 0. The van der Waals surface area contributed by atoms with Crippen molar-refractivity contribution in [2.45, 2.75) is 18.6 Å². The van der Waals surface area contributed by atoms with Crippen LogP contribution in [0.2, 0.25) is 0 Å². The molecule has 1 atom stereocenters. The van der Waals surface area contributed by atoms with Gasteiger partial charge in [-0.15, -0.1) is 11.8 Å². The standard InChI is InChI=1S/C7H13NO3S/c1-5(3-7(10)11-2)12-4-6(8)9/h5H,3-4H2,1-2H3,(H2,8,9). The molecular weight excluding hydrogens is 178 g/mol. The Morgan fingerprint density at radius 2 is 2.17 bits per heavy atom. The number of amides is 1. The van der Waals surface area contributed by atoms with Gasteiger partial charge in [0.05, 0.1) is 19.3 Å². The Bertz CT molecular complexity index is 172. The summed E-state index contributed by atoms with van der Waals surface area (Å²) in [5.74, 6) is -0.380. The van der Waals surface area contributed by atoms with Gasteiger partial charge in [-0.25, -0.2) is 0 Å². The lowest BCUT2D eigenvalue weighted by Crippen LogP contribution is -2.17. The van der Waals surface area contributed by atoms with E-state index in [2.05, 4.69) is 4.74 Å². The van der Waals surface area contributed by atoms with E-state index in [0.717, 1.165) is 0 Å². The Kier molecular flexibility index (Phi) is 5.53. The predicted octanol–water partition coefficient (Wildman–Crippen LogP) is 0.156. The van der Waals surface area contributed by atoms with Gasteiger partial charge in [-0.1, -0.05) is 6.92 Å². The molecule has 0 aromatic heterocycles. The van der Waals surface area contributed by atoms with E-state index in [1.807, 2.05) is 6.92 Å². The average Bonchev–Trinajstić information content (AvgIpc) is 2.00. The van der Waals surface area contributed by atoms with Gasteiger partial charge in [-0.05, 0) is 0 Å². The molecule has 0 aliphatic rings. The Balaban J connectivity index is 3.52. The van der Waals surface area contributed by atoms with Gasteiger partial charge in [0, 0.05) is 5.25 Å². The molecule has 0 saturated carbocycles. The zero-order valence-electron chi connectivity index (χ0n) is 7.20. The van der Waals surface area contributed by atoms with Crippen molar-refractivity contribution in [3.8, 4) is 0 Å². The monoisotopic (exact) mass is 191 g/mol. The highest BCUT2D eigenvalue weighted by Gasteiger charge is 2.10. The zero-order valence-corrected chi connectivity index (χ0v) is 8.02. The molecule has 0 saturated heterocycles. The van der Waals surface area contributed by atoms with Crippen LogP contribution in [-0.2, 0) is 14.3 Å². The molecule has 0 aliphatic heterocycles. The molecule has 0 aromatic carbocycles. The van der Waals surface area contributed by atoms with E-state index >= 15 is 0 Å². The van der Waals surface area contributed by atoms with Gasteiger partial charge < -0.3 is 10.5 Å². The maximum Gasteiger partial charge on any atom is 0.306 e. The van der Waals surface area contributed by atoms with Gasteiger partial charge in [-0.3, -0.25) is 9.59 Å². The lowest BCUT2D eigenvalue weighted by atomic mass is 10.3. The zero-order chi connectivity index (χ0) is 9.56. The molecule has 0 rings (SSSR count). The quantitative estimate of drug-likeness (QED) is 0.628. The summed E-state index contributed by atoms with van der Waals surface area (Å²) in [5.41, 5.74) is 4.93. The van der Waals surface area contributed by atoms with E-state index in [0.29, 0.717) is 6.42 Å². The van der Waals surface area contributed by atoms with E-state index in [1.54, 1.807) is 0 Å². The van der Waals surface area contributed by atoms with Crippen molar-refractivity contribution in [3.05, 3.63) is 0 Å². The first-order valence-corrected chi connectivity index (χ1v) is 4.58. The first-order chi connectivity index (χ1) is 5.56. The van der Waals surface area contributed by atoms with Gasteiger partial charge >= 0.3 is 5.97 Å². The van der Waals surface area contributed by atoms with Crippen molar-refractivity contribution < 1.29 is 14.3 Å². The second kappa shape index (κ2) is 5.88. The molecule has 4 nitrogen and oxygen atoms in total. The van der Waals surface area contributed by atoms with Crippen molar-refractivity contribution in [2.24, 2.45) is 5.73 Å². The lowest BCUT2D eigenvalue weighted by molar-refractivity contribution is -0.140. The molecular formula is C7H13NO3S. The summed E-state index contributed by atoms with van der Waals surface area (Å²) < 4.78 is 4.46. The summed E-state index contributed by atoms with van der Waals surface area (Å²) in [7, 11) is 1.34. The van der Waals surface area contributed by atoms with Gasteiger partial charge in [0.2, 0.25) is 5.91 Å².